The van der Waals surface area contributed by atoms with E-state index >= 15 is 0 Å². The van der Waals surface area contributed by atoms with Crippen LogP contribution >= 0.6 is 0 Å². The van der Waals surface area contributed by atoms with E-state index in [4.69, 9.17) is 0 Å². The van der Waals surface area contributed by atoms with Crippen LogP contribution in [0.1, 0.15) is 15.9 Å². The van der Waals surface area contributed by atoms with Gasteiger partial charge in [-0.1, -0.05) is 0 Å². The van der Waals surface area contributed by atoms with Gasteiger partial charge in [-0.05, 0) is 18.2 Å². The van der Waals surface area contributed by atoms with Crippen LogP contribution in [0.5, 0.6) is 5.75 Å². The lowest BCUT2D eigenvalue weighted by molar-refractivity contribution is -1.01. The number of piperazine rings is 1. The molecule has 0 atom stereocenters. The second-order valence-electron chi connectivity index (χ2n) is 4.89. The number of aromatic hydroxyl groups is 1. The summed E-state index contributed by atoms with van der Waals surface area (Å²) < 4.78 is 0. The molecule has 4 nitrogen and oxygen atoms in total. The number of quaternary nitrogens is 2. The van der Waals surface area contributed by atoms with Crippen LogP contribution in [0.3, 0.4) is 0 Å². The largest absolute Gasteiger partial charge is 0.507 e. The van der Waals surface area contributed by atoms with E-state index in [1.165, 1.54) is 18.0 Å². The van der Waals surface area contributed by atoms with Crippen LogP contribution in [0.15, 0.2) is 18.2 Å². The monoisotopic (exact) mass is 236 g/mol. The van der Waals surface area contributed by atoms with Crippen molar-refractivity contribution in [2.45, 2.75) is 6.54 Å². The van der Waals surface area contributed by atoms with Crippen molar-refractivity contribution in [1.29, 1.82) is 0 Å². The molecule has 1 heterocycles. The Bertz CT molecular complexity index is 398. The first-order valence-electron chi connectivity index (χ1n) is 6.11. The fourth-order valence-electron chi connectivity index (χ4n) is 2.30. The number of phenolic OH excluding ortho intramolecular Hbond substituents is 1. The Morgan fingerprint density at radius 1 is 1.29 bits per heavy atom. The molecule has 0 spiro atoms. The summed E-state index contributed by atoms with van der Waals surface area (Å²) in [7, 11) is 2.21. The number of carbonyl (C=O) groups excluding carboxylic acids is 1. The lowest BCUT2D eigenvalue weighted by Gasteiger charge is -2.27. The van der Waals surface area contributed by atoms with Crippen molar-refractivity contribution >= 4 is 6.29 Å². The number of rotatable bonds is 3. The smallest absolute Gasteiger partial charge is 0.150 e. The molecule has 0 saturated carbocycles. The summed E-state index contributed by atoms with van der Waals surface area (Å²) in [5.74, 6) is 0.300. The molecule has 1 saturated heterocycles. The van der Waals surface area contributed by atoms with Gasteiger partial charge in [-0.15, -0.1) is 0 Å². The summed E-state index contributed by atoms with van der Waals surface area (Å²) in [6, 6.07) is 5.05. The molecular weight excluding hydrogens is 216 g/mol. The van der Waals surface area contributed by atoms with Gasteiger partial charge in [0.05, 0.1) is 7.05 Å². The summed E-state index contributed by atoms with van der Waals surface area (Å²) in [6.45, 7) is 5.39. The first-order valence-corrected chi connectivity index (χ1v) is 6.11. The topological polar surface area (TPSA) is 46.2 Å². The average molecular weight is 236 g/mol. The fraction of sp³-hybridized carbons (Fsp3) is 0.462. The maximum atomic E-state index is 10.7. The maximum Gasteiger partial charge on any atom is 0.150 e. The normalized spacial score (nSPS) is 24.5. The lowest BCUT2D eigenvalue weighted by atomic mass is 10.1. The van der Waals surface area contributed by atoms with Crippen LogP contribution in [0.25, 0.3) is 0 Å². The third kappa shape index (κ3) is 3.05. The van der Waals surface area contributed by atoms with Crippen molar-refractivity contribution in [2.75, 3.05) is 33.2 Å². The van der Waals surface area contributed by atoms with Gasteiger partial charge in [-0.25, -0.2) is 0 Å². The highest BCUT2D eigenvalue weighted by molar-refractivity contribution is 5.75. The molecule has 0 aromatic heterocycles. The van der Waals surface area contributed by atoms with Crippen molar-refractivity contribution in [2.24, 2.45) is 0 Å². The maximum absolute atomic E-state index is 10.7. The highest BCUT2D eigenvalue weighted by Crippen LogP contribution is 2.16. The predicted molar refractivity (Wildman–Crippen MR) is 64.5 cm³/mol. The number of hydrogen-bond acceptors (Lipinski definition) is 2. The molecule has 17 heavy (non-hydrogen) atoms. The third-order valence-corrected chi connectivity index (χ3v) is 3.49. The predicted octanol–water partition coefficient (Wildman–Crippen LogP) is -1.88. The van der Waals surface area contributed by atoms with E-state index in [9.17, 15) is 9.90 Å². The Morgan fingerprint density at radius 2 is 2.00 bits per heavy atom. The molecule has 1 aliphatic heterocycles. The Kier molecular flexibility index (Phi) is 3.76. The highest BCUT2D eigenvalue weighted by Gasteiger charge is 2.21. The van der Waals surface area contributed by atoms with Crippen molar-refractivity contribution in [3.05, 3.63) is 29.3 Å². The summed E-state index contributed by atoms with van der Waals surface area (Å²) in [6.07, 6.45) is 0.826. The third-order valence-electron chi connectivity index (χ3n) is 3.49. The summed E-state index contributed by atoms with van der Waals surface area (Å²) in [4.78, 5) is 13.8. The molecule has 0 aliphatic carbocycles. The van der Waals surface area contributed by atoms with Crippen molar-refractivity contribution < 1.29 is 19.7 Å². The molecule has 0 unspecified atom stereocenters. The van der Waals surface area contributed by atoms with Crippen LogP contribution in [-0.2, 0) is 6.54 Å². The molecule has 1 aliphatic rings. The molecule has 1 fully saturated rings. The van der Waals surface area contributed by atoms with E-state index in [1.54, 1.807) is 23.1 Å². The molecule has 4 heteroatoms. The van der Waals surface area contributed by atoms with Gasteiger partial charge in [0.15, 0.2) is 0 Å². The zero-order valence-corrected chi connectivity index (χ0v) is 10.2. The van der Waals surface area contributed by atoms with Gasteiger partial charge in [0.2, 0.25) is 0 Å². The van der Waals surface area contributed by atoms with Crippen LogP contribution in [-0.4, -0.2) is 44.6 Å². The van der Waals surface area contributed by atoms with Gasteiger partial charge in [0, 0.05) is 11.1 Å². The minimum absolute atomic E-state index is 0.300. The minimum atomic E-state index is 0.300. The van der Waals surface area contributed by atoms with Gasteiger partial charge >= 0.3 is 0 Å². The fourth-order valence-corrected chi connectivity index (χ4v) is 2.30. The minimum Gasteiger partial charge on any atom is -0.507 e. The van der Waals surface area contributed by atoms with E-state index in [2.05, 4.69) is 7.05 Å². The zero-order chi connectivity index (χ0) is 12.3. The number of carbonyl (C=O) groups is 1. The quantitative estimate of drug-likeness (QED) is 0.538. The van der Waals surface area contributed by atoms with E-state index in [1.807, 2.05) is 0 Å². The van der Waals surface area contributed by atoms with E-state index in [-0.39, 0.29) is 0 Å². The first-order chi connectivity index (χ1) is 8.19. The molecule has 3 N–H and O–H groups in total. The van der Waals surface area contributed by atoms with Crippen LogP contribution in [0, 0.1) is 0 Å². The number of likely N-dealkylation sites (N-methyl/N-ethyl adjacent to an activating group) is 1. The van der Waals surface area contributed by atoms with E-state index in [0.29, 0.717) is 11.3 Å². The summed E-state index contributed by atoms with van der Waals surface area (Å²) in [5.41, 5.74) is 1.51. The van der Waals surface area contributed by atoms with Crippen LogP contribution in [0.4, 0.5) is 0 Å². The number of nitrogens with one attached hydrogen (secondary N) is 2. The molecule has 1 aromatic carbocycles. The van der Waals surface area contributed by atoms with E-state index in [0.717, 1.165) is 31.5 Å². The zero-order valence-electron chi connectivity index (χ0n) is 10.2. The van der Waals surface area contributed by atoms with Crippen LogP contribution < -0.4 is 9.80 Å². The van der Waals surface area contributed by atoms with Gasteiger partial charge in [-0.2, -0.15) is 0 Å². The SMILES string of the molecule is C[NH+]1CC[NH+](Cc2cc(C=O)ccc2O)CC1. The Morgan fingerprint density at radius 3 is 2.65 bits per heavy atom. The number of phenols is 1. The van der Waals surface area contributed by atoms with Gasteiger partial charge in [-0.3, -0.25) is 4.79 Å². The highest BCUT2D eigenvalue weighted by atomic mass is 16.3. The van der Waals surface area contributed by atoms with Gasteiger partial charge in [0.1, 0.15) is 44.8 Å². The molecule has 0 amide bonds. The number of hydrogen-bond donors (Lipinski definition) is 3. The Hall–Kier alpha value is -1.39. The Labute approximate surface area is 101 Å². The molecular formula is C13H20N2O2+2. The molecule has 2 rings (SSSR count). The summed E-state index contributed by atoms with van der Waals surface area (Å²) in [5, 5.41) is 9.78. The lowest BCUT2D eigenvalue weighted by Crippen LogP contribution is -3.26. The van der Waals surface area contributed by atoms with E-state index < -0.39 is 0 Å². The Balaban J connectivity index is 2.05. The number of benzene rings is 1. The number of aldehydes is 1. The molecule has 0 radical (unpaired) electrons. The van der Waals surface area contributed by atoms with Crippen molar-refractivity contribution in [3.8, 4) is 5.75 Å². The molecule has 1 aromatic rings. The molecule has 0 bridgehead atoms. The first kappa shape index (κ1) is 12.1. The van der Waals surface area contributed by atoms with Gasteiger partial charge in [0.25, 0.3) is 0 Å². The van der Waals surface area contributed by atoms with Crippen LogP contribution in [0.2, 0.25) is 0 Å². The molecule has 92 valence electrons. The summed E-state index contributed by atoms with van der Waals surface area (Å²) >= 11 is 0. The van der Waals surface area contributed by atoms with Crippen molar-refractivity contribution in [1.82, 2.24) is 0 Å². The second-order valence-corrected chi connectivity index (χ2v) is 4.89. The average Bonchev–Trinajstić information content (AvgIpc) is 2.35. The second kappa shape index (κ2) is 5.29. The van der Waals surface area contributed by atoms with Gasteiger partial charge < -0.3 is 14.9 Å². The standard InChI is InChI=1S/C13H18N2O2/c1-14-4-6-15(7-5-14)9-12-8-11(10-16)2-3-13(12)17/h2-3,8,10,17H,4-7,9H2,1H3/p+2. The van der Waals surface area contributed by atoms with Crippen molar-refractivity contribution in [3.63, 3.8) is 0 Å².